The van der Waals surface area contributed by atoms with Gasteiger partial charge in [0, 0.05) is 34.5 Å². The molecule has 3 heteroatoms. The summed E-state index contributed by atoms with van der Waals surface area (Å²) in [5.74, 6) is 0. The molecule has 6 rings (SSSR count). The predicted octanol–water partition coefficient (Wildman–Crippen LogP) is 12.3. The van der Waals surface area contributed by atoms with Crippen molar-refractivity contribution >= 4 is 75.0 Å². The number of hydrogen-bond donors (Lipinski definition) is 0. The molecule has 0 bridgehead atoms. The molecule has 2 aliphatic carbocycles. The van der Waals surface area contributed by atoms with Gasteiger partial charge >= 0.3 is 0 Å². The van der Waals surface area contributed by atoms with Crippen LogP contribution in [-0.2, 0) is 5.41 Å². The second-order valence-corrected chi connectivity index (χ2v) is 15.4. The second kappa shape index (κ2) is 13.5. The van der Waals surface area contributed by atoms with E-state index in [9.17, 15) is 0 Å². The lowest BCUT2D eigenvalue weighted by Gasteiger charge is -2.38. The molecule has 0 unspecified atom stereocenters. The Morgan fingerprint density at radius 1 is 0.738 bits per heavy atom. The van der Waals surface area contributed by atoms with E-state index in [4.69, 9.17) is 0 Å². The van der Waals surface area contributed by atoms with Crippen molar-refractivity contribution in [1.29, 1.82) is 0 Å². The SMILES string of the molecule is CCCCCCCCC1(CCCCCCCC)C=C2C=c3c(ccc4sc5c(Br)cccc5c34)=C2c2ccc(Br)cc21. The van der Waals surface area contributed by atoms with E-state index < -0.39 is 0 Å². The molecular weight excluding hydrogens is 660 g/mol. The van der Waals surface area contributed by atoms with Crippen LogP contribution in [0.5, 0.6) is 0 Å². The molecule has 1 heterocycles. The highest BCUT2D eigenvalue weighted by Gasteiger charge is 2.37. The molecule has 0 atom stereocenters. The largest absolute Gasteiger partial charge is 0.134 e. The normalized spacial score (nSPS) is 15.0. The van der Waals surface area contributed by atoms with Gasteiger partial charge in [-0.05, 0) is 91.8 Å². The third-order valence-corrected chi connectivity index (χ3v) is 12.3. The van der Waals surface area contributed by atoms with E-state index >= 15 is 0 Å². The first kappa shape index (κ1) is 30.4. The number of hydrogen-bond acceptors (Lipinski definition) is 1. The fourth-order valence-corrected chi connectivity index (χ4v) is 9.64. The van der Waals surface area contributed by atoms with Gasteiger partial charge in [-0.25, -0.2) is 0 Å². The van der Waals surface area contributed by atoms with Crippen LogP contribution in [-0.4, -0.2) is 0 Å². The highest BCUT2D eigenvalue weighted by Crippen LogP contribution is 2.48. The van der Waals surface area contributed by atoms with E-state index in [0.717, 1.165) is 0 Å². The molecule has 0 amide bonds. The van der Waals surface area contributed by atoms with Crippen molar-refractivity contribution in [3.8, 4) is 0 Å². The number of fused-ring (bicyclic) bond motifs is 8. The number of unbranched alkanes of at least 4 members (excludes halogenated alkanes) is 10. The van der Waals surface area contributed by atoms with Gasteiger partial charge in [0.05, 0.1) is 0 Å². The molecule has 0 saturated heterocycles. The molecular formula is C39H44Br2S. The smallest absolute Gasteiger partial charge is 0.0497 e. The Morgan fingerprint density at radius 2 is 1.43 bits per heavy atom. The van der Waals surface area contributed by atoms with Crippen molar-refractivity contribution in [3.05, 3.63) is 90.7 Å². The van der Waals surface area contributed by atoms with Gasteiger partial charge in [0.15, 0.2) is 0 Å². The van der Waals surface area contributed by atoms with Crippen LogP contribution in [0.4, 0.5) is 0 Å². The minimum absolute atomic E-state index is 0.102. The fraction of sp³-hybridized carbons (Fsp3) is 0.436. The molecule has 220 valence electrons. The highest BCUT2D eigenvalue weighted by molar-refractivity contribution is 9.11. The summed E-state index contributed by atoms with van der Waals surface area (Å²) in [4.78, 5) is 0. The van der Waals surface area contributed by atoms with Gasteiger partial charge in [-0.1, -0.05) is 137 Å². The van der Waals surface area contributed by atoms with Gasteiger partial charge in [-0.15, -0.1) is 11.3 Å². The summed E-state index contributed by atoms with van der Waals surface area (Å²) in [6.07, 6.45) is 24.0. The standard InChI is InChI=1S/C39H44Br2S/c1-3-5-7-9-11-13-22-39(23-14-12-10-8-6-4-2)26-27-24-32-29(36(27)30-19-18-28(40)25-33(30)39)20-21-35-37(32)31-16-15-17-34(41)38(31)42-35/h15-21,24-26H,3-14,22-23H2,1-2H3. The van der Waals surface area contributed by atoms with Crippen molar-refractivity contribution in [2.45, 2.75) is 109 Å². The summed E-state index contributed by atoms with van der Waals surface area (Å²) in [5, 5.41) is 5.62. The third kappa shape index (κ3) is 5.87. The molecule has 0 nitrogen and oxygen atoms in total. The van der Waals surface area contributed by atoms with E-state index in [-0.39, 0.29) is 5.41 Å². The summed E-state index contributed by atoms with van der Waals surface area (Å²) in [6.45, 7) is 4.63. The summed E-state index contributed by atoms with van der Waals surface area (Å²) < 4.78 is 5.14. The van der Waals surface area contributed by atoms with Crippen molar-refractivity contribution in [2.75, 3.05) is 0 Å². The summed E-state index contributed by atoms with van der Waals surface area (Å²) in [7, 11) is 0. The Balaban J connectivity index is 1.46. The highest BCUT2D eigenvalue weighted by atomic mass is 79.9. The first-order valence-electron chi connectivity index (χ1n) is 16.5. The van der Waals surface area contributed by atoms with Crippen LogP contribution >= 0.6 is 43.2 Å². The minimum atomic E-state index is 0.102. The molecule has 4 aromatic rings. The maximum Gasteiger partial charge on any atom is 0.0497 e. The number of thiophene rings is 1. The average molecular weight is 705 g/mol. The minimum Gasteiger partial charge on any atom is -0.134 e. The van der Waals surface area contributed by atoms with Crippen LogP contribution in [0.15, 0.2) is 69.1 Å². The third-order valence-electron chi connectivity index (χ3n) is 9.69. The van der Waals surface area contributed by atoms with Gasteiger partial charge in [-0.3, -0.25) is 0 Å². The Kier molecular flexibility index (Phi) is 9.78. The van der Waals surface area contributed by atoms with Gasteiger partial charge in [-0.2, -0.15) is 0 Å². The molecule has 0 radical (unpaired) electrons. The number of halogens is 2. The van der Waals surface area contributed by atoms with E-state index in [0.29, 0.717) is 0 Å². The van der Waals surface area contributed by atoms with Crippen molar-refractivity contribution < 1.29 is 0 Å². The summed E-state index contributed by atoms with van der Waals surface area (Å²) >= 11 is 9.62. The first-order valence-corrected chi connectivity index (χ1v) is 18.9. The lowest BCUT2D eigenvalue weighted by Crippen LogP contribution is -2.30. The lowest BCUT2D eigenvalue weighted by atomic mass is 9.65. The number of rotatable bonds is 14. The van der Waals surface area contributed by atoms with Crippen LogP contribution in [0.1, 0.15) is 115 Å². The Hall–Kier alpha value is -1.68. The quantitative estimate of drug-likeness (QED) is 0.115. The van der Waals surface area contributed by atoms with Crippen molar-refractivity contribution in [3.63, 3.8) is 0 Å². The number of benzene rings is 3. The van der Waals surface area contributed by atoms with Gasteiger partial charge in [0.25, 0.3) is 0 Å². The topological polar surface area (TPSA) is 0 Å². The average Bonchev–Trinajstić information content (AvgIpc) is 3.56. The van der Waals surface area contributed by atoms with E-state index in [2.05, 4.69) is 106 Å². The first-order chi connectivity index (χ1) is 20.6. The Labute approximate surface area is 273 Å². The van der Waals surface area contributed by atoms with Crippen LogP contribution < -0.4 is 10.4 Å². The zero-order valence-electron chi connectivity index (χ0n) is 25.3. The molecule has 0 fully saturated rings. The van der Waals surface area contributed by atoms with Crippen molar-refractivity contribution in [1.82, 2.24) is 0 Å². The predicted molar refractivity (Wildman–Crippen MR) is 193 cm³/mol. The van der Waals surface area contributed by atoms with Crippen LogP contribution in [0.2, 0.25) is 0 Å². The van der Waals surface area contributed by atoms with Gasteiger partial charge < -0.3 is 0 Å². The Morgan fingerprint density at radius 3 is 2.14 bits per heavy atom. The summed E-state index contributed by atoms with van der Waals surface area (Å²) in [5.41, 5.74) is 6.02. The zero-order valence-corrected chi connectivity index (χ0v) is 29.3. The molecule has 1 aromatic heterocycles. The van der Waals surface area contributed by atoms with Gasteiger partial charge in [0.2, 0.25) is 0 Å². The fourth-order valence-electron chi connectivity index (χ4n) is 7.55. The van der Waals surface area contributed by atoms with Crippen LogP contribution in [0.25, 0.3) is 31.8 Å². The monoisotopic (exact) mass is 702 g/mol. The molecule has 0 N–H and O–H groups in total. The molecule has 42 heavy (non-hydrogen) atoms. The Bertz CT molecular complexity index is 1720. The summed E-state index contributed by atoms with van der Waals surface area (Å²) in [6, 6.07) is 18.6. The molecule has 2 aliphatic rings. The maximum atomic E-state index is 3.89. The van der Waals surface area contributed by atoms with Crippen LogP contribution in [0.3, 0.4) is 0 Å². The number of allylic oxidation sites excluding steroid dienone is 2. The van der Waals surface area contributed by atoms with Crippen LogP contribution in [0, 0.1) is 0 Å². The maximum absolute atomic E-state index is 3.89. The molecule has 0 spiro atoms. The lowest BCUT2D eigenvalue weighted by molar-refractivity contribution is 0.399. The molecule has 0 saturated carbocycles. The van der Waals surface area contributed by atoms with Gasteiger partial charge in [0.1, 0.15) is 0 Å². The van der Waals surface area contributed by atoms with E-state index in [1.54, 1.807) is 5.56 Å². The van der Waals surface area contributed by atoms with Crippen molar-refractivity contribution in [2.24, 2.45) is 0 Å². The van der Waals surface area contributed by atoms with E-state index in [1.165, 1.54) is 146 Å². The molecule has 0 aliphatic heterocycles. The second-order valence-electron chi connectivity index (χ2n) is 12.6. The zero-order chi connectivity index (χ0) is 29.1. The van der Waals surface area contributed by atoms with E-state index in [1.807, 2.05) is 11.3 Å². The molecule has 3 aromatic carbocycles.